The highest BCUT2D eigenvalue weighted by molar-refractivity contribution is 7.47. The minimum Gasteiger partial charge on any atom is -0.457 e. The Morgan fingerprint density at radius 1 is 0.517 bits per heavy atom. The molecular formula is C51H97NO7P+. The van der Waals surface area contributed by atoms with Crippen LogP contribution in [-0.4, -0.2) is 75.6 Å². The van der Waals surface area contributed by atoms with Crippen molar-refractivity contribution in [3.8, 4) is 0 Å². The minimum absolute atomic E-state index is 0.0842. The van der Waals surface area contributed by atoms with E-state index in [1.54, 1.807) is 0 Å². The van der Waals surface area contributed by atoms with Gasteiger partial charge in [-0.15, -0.1) is 0 Å². The lowest BCUT2D eigenvalue weighted by molar-refractivity contribution is -0.870. The third-order valence-electron chi connectivity index (χ3n) is 10.6. The molecule has 0 aromatic carbocycles. The van der Waals surface area contributed by atoms with Crippen LogP contribution < -0.4 is 0 Å². The summed E-state index contributed by atoms with van der Waals surface area (Å²) in [4.78, 5) is 23.0. The van der Waals surface area contributed by atoms with Gasteiger partial charge in [-0.25, -0.2) is 4.57 Å². The van der Waals surface area contributed by atoms with Gasteiger partial charge in [-0.1, -0.05) is 178 Å². The lowest BCUT2D eigenvalue weighted by atomic mass is 10.1. The number of likely N-dealkylation sites (N-methyl/N-ethyl adjacent to an activating group) is 1. The van der Waals surface area contributed by atoms with Crippen LogP contribution in [0.3, 0.4) is 0 Å². The number of unbranched alkanes of at least 4 members (excludes halogenated alkanes) is 24. The van der Waals surface area contributed by atoms with Gasteiger partial charge < -0.3 is 18.9 Å². The van der Waals surface area contributed by atoms with Crippen molar-refractivity contribution in [1.29, 1.82) is 0 Å². The van der Waals surface area contributed by atoms with Gasteiger partial charge in [0.25, 0.3) is 0 Å². The zero-order valence-electron chi connectivity index (χ0n) is 39.9. The van der Waals surface area contributed by atoms with Gasteiger partial charge in [0.15, 0.2) is 0 Å². The van der Waals surface area contributed by atoms with Gasteiger partial charge in [0.2, 0.25) is 0 Å². The first kappa shape index (κ1) is 58.5. The number of phosphoric acid groups is 1. The molecule has 9 heteroatoms. The number of ether oxygens (including phenoxy) is 2. The number of esters is 1. The molecule has 2 atom stereocenters. The van der Waals surface area contributed by atoms with Gasteiger partial charge in [0, 0.05) is 13.0 Å². The van der Waals surface area contributed by atoms with E-state index < -0.39 is 13.9 Å². The molecule has 0 aliphatic rings. The van der Waals surface area contributed by atoms with Crippen LogP contribution in [0, 0.1) is 0 Å². The molecule has 0 aromatic rings. The molecule has 0 heterocycles. The number of hydrogen-bond acceptors (Lipinski definition) is 6. The maximum Gasteiger partial charge on any atom is 0.472 e. The van der Waals surface area contributed by atoms with Gasteiger partial charge in [-0.3, -0.25) is 13.8 Å². The number of carbonyl (C=O) groups is 1. The Kier molecular flexibility index (Phi) is 43.0. The van der Waals surface area contributed by atoms with Crippen molar-refractivity contribution in [2.45, 2.75) is 219 Å². The summed E-state index contributed by atoms with van der Waals surface area (Å²) in [6, 6.07) is 0. The van der Waals surface area contributed by atoms with Crippen molar-refractivity contribution in [3.05, 3.63) is 48.6 Å². The largest absolute Gasteiger partial charge is 0.472 e. The zero-order chi connectivity index (χ0) is 44.1. The molecule has 0 aliphatic carbocycles. The number of hydrogen-bond donors (Lipinski definition) is 1. The number of quaternary nitrogens is 1. The summed E-state index contributed by atoms with van der Waals surface area (Å²) in [7, 11) is 1.66. The summed E-state index contributed by atoms with van der Waals surface area (Å²) in [5.41, 5.74) is 0. The van der Waals surface area contributed by atoms with Crippen molar-refractivity contribution in [1.82, 2.24) is 0 Å². The Morgan fingerprint density at radius 3 is 1.42 bits per heavy atom. The van der Waals surface area contributed by atoms with E-state index in [1.165, 1.54) is 135 Å². The van der Waals surface area contributed by atoms with Crippen molar-refractivity contribution in [3.63, 3.8) is 0 Å². The van der Waals surface area contributed by atoms with E-state index in [-0.39, 0.29) is 25.8 Å². The fourth-order valence-corrected chi connectivity index (χ4v) is 7.47. The Balaban J connectivity index is 4.20. The van der Waals surface area contributed by atoms with E-state index in [9.17, 15) is 14.3 Å². The second-order valence-corrected chi connectivity index (χ2v) is 19.3. The number of nitrogens with zero attached hydrogens (tertiary/aromatic N) is 1. The standard InChI is InChI=1S/C51H96NO7P/c1-6-8-10-12-14-16-18-20-22-24-26-28-30-32-34-36-38-40-42-44-51(53)59-50(49-58-60(54,55)57-47-45-52(3,4)5)48-56-46-43-41-39-37-35-33-31-29-27-25-23-21-19-17-15-13-11-9-7-2/h14,16,20,22-23,25-26,28,50H,6-13,15,17-19,21,24,27,29-49H2,1-5H3/p+1/b16-14-,22-20-,25-23-,28-26-. The average Bonchev–Trinajstić information content (AvgIpc) is 3.20. The second kappa shape index (κ2) is 44.1. The monoisotopic (exact) mass is 867 g/mol. The Labute approximate surface area is 371 Å². The molecule has 0 bridgehead atoms. The molecule has 0 aromatic heterocycles. The molecule has 1 N–H and O–H groups in total. The molecule has 0 amide bonds. The molecule has 60 heavy (non-hydrogen) atoms. The number of allylic oxidation sites excluding steroid dienone is 8. The van der Waals surface area contributed by atoms with E-state index in [1.807, 2.05) is 21.1 Å². The summed E-state index contributed by atoms with van der Waals surface area (Å²) < 4.78 is 35.1. The van der Waals surface area contributed by atoms with Crippen molar-refractivity contribution >= 4 is 13.8 Å². The third-order valence-corrected chi connectivity index (χ3v) is 11.6. The van der Waals surface area contributed by atoms with E-state index in [0.29, 0.717) is 24.1 Å². The van der Waals surface area contributed by atoms with Crippen molar-refractivity contribution in [2.24, 2.45) is 0 Å². The molecule has 0 spiro atoms. The van der Waals surface area contributed by atoms with Crippen LogP contribution >= 0.6 is 7.82 Å². The SMILES string of the molecule is CCCCC/C=C\C/C=C\C/C=C\CCCCCCCCC(=O)OC(COCCCCCCCCCC/C=C\CCCCCCCCC)COP(=O)(O)OCC[N+](C)(C)C. The molecule has 0 radical (unpaired) electrons. The Bertz CT molecular complexity index is 1100. The molecule has 0 saturated heterocycles. The molecule has 0 fully saturated rings. The smallest absolute Gasteiger partial charge is 0.457 e. The molecule has 0 saturated carbocycles. The van der Waals surface area contributed by atoms with E-state index >= 15 is 0 Å². The van der Waals surface area contributed by atoms with Gasteiger partial charge in [-0.2, -0.15) is 0 Å². The summed E-state index contributed by atoms with van der Waals surface area (Å²) >= 11 is 0. The lowest BCUT2D eigenvalue weighted by Crippen LogP contribution is -2.37. The van der Waals surface area contributed by atoms with Gasteiger partial charge in [0.05, 0.1) is 34.4 Å². The summed E-state index contributed by atoms with van der Waals surface area (Å²) in [5, 5.41) is 0. The minimum atomic E-state index is -4.28. The zero-order valence-corrected chi connectivity index (χ0v) is 40.8. The predicted molar refractivity (Wildman–Crippen MR) is 256 cm³/mol. The Hall–Kier alpha value is -1.54. The van der Waals surface area contributed by atoms with Gasteiger partial charge in [0.1, 0.15) is 19.3 Å². The third kappa shape index (κ3) is 47.5. The molecule has 352 valence electrons. The Morgan fingerprint density at radius 2 is 0.917 bits per heavy atom. The maximum atomic E-state index is 12.7. The molecule has 0 aliphatic heterocycles. The molecule has 0 rings (SSSR count). The molecule has 8 nitrogen and oxygen atoms in total. The first-order valence-corrected chi connectivity index (χ1v) is 26.4. The van der Waals surface area contributed by atoms with Crippen LogP contribution in [0.1, 0.15) is 213 Å². The first-order chi connectivity index (χ1) is 29.1. The van der Waals surface area contributed by atoms with Crippen LogP contribution in [0.15, 0.2) is 48.6 Å². The number of phosphoric ester groups is 1. The van der Waals surface area contributed by atoms with Crippen molar-refractivity contribution in [2.75, 3.05) is 54.1 Å². The van der Waals surface area contributed by atoms with E-state index in [0.717, 1.165) is 57.8 Å². The first-order valence-electron chi connectivity index (χ1n) is 24.9. The molecule has 2 unspecified atom stereocenters. The van der Waals surface area contributed by atoms with Crippen LogP contribution in [0.25, 0.3) is 0 Å². The second-order valence-electron chi connectivity index (χ2n) is 17.8. The van der Waals surface area contributed by atoms with Crippen LogP contribution in [0.4, 0.5) is 0 Å². The summed E-state index contributed by atoms with van der Waals surface area (Å²) in [6.45, 7) is 5.59. The van der Waals surface area contributed by atoms with E-state index in [2.05, 4.69) is 62.5 Å². The normalized spacial score (nSPS) is 14.0. The number of rotatable bonds is 46. The van der Waals surface area contributed by atoms with Gasteiger partial charge in [-0.05, 0) is 77.0 Å². The van der Waals surface area contributed by atoms with Crippen molar-refractivity contribution < 1.29 is 37.3 Å². The summed E-state index contributed by atoms with van der Waals surface area (Å²) in [6.07, 6.45) is 54.3. The lowest BCUT2D eigenvalue weighted by Gasteiger charge is -2.24. The van der Waals surface area contributed by atoms with Crippen LogP contribution in [0.2, 0.25) is 0 Å². The van der Waals surface area contributed by atoms with Crippen LogP contribution in [0.5, 0.6) is 0 Å². The van der Waals surface area contributed by atoms with Gasteiger partial charge >= 0.3 is 13.8 Å². The topological polar surface area (TPSA) is 91.3 Å². The summed E-state index contributed by atoms with van der Waals surface area (Å²) in [5.74, 6) is -0.326. The fourth-order valence-electron chi connectivity index (χ4n) is 6.73. The average molecular weight is 867 g/mol. The quantitative estimate of drug-likeness (QED) is 0.0214. The maximum absolute atomic E-state index is 12.7. The predicted octanol–water partition coefficient (Wildman–Crippen LogP) is 15.1. The fraction of sp³-hybridized carbons (Fsp3) is 0.824. The van der Waals surface area contributed by atoms with E-state index in [4.69, 9.17) is 18.5 Å². The highest BCUT2D eigenvalue weighted by Gasteiger charge is 2.26. The number of carbonyl (C=O) groups excluding carboxylic acids is 1. The van der Waals surface area contributed by atoms with Crippen LogP contribution in [-0.2, 0) is 27.9 Å². The highest BCUT2D eigenvalue weighted by atomic mass is 31.2. The molecular weight excluding hydrogens is 770 g/mol. The highest BCUT2D eigenvalue weighted by Crippen LogP contribution is 2.43.